The van der Waals surface area contributed by atoms with E-state index in [-0.39, 0.29) is 25.1 Å². The summed E-state index contributed by atoms with van der Waals surface area (Å²) in [4.78, 5) is 11.7. The van der Waals surface area contributed by atoms with Gasteiger partial charge in [0.2, 0.25) is 5.91 Å². The maximum absolute atomic E-state index is 11.7. The van der Waals surface area contributed by atoms with Crippen LogP contribution in [0, 0.1) is 0 Å². The van der Waals surface area contributed by atoms with E-state index in [4.69, 9.17) is 16.7 Å². The molecule has 0 saturated heterocycles. The minimum absolute atomic E-state index is 0.123. The second-order valence-electron chi connectivity index (χ2n) is 4.03. The van der Waals surface area contributed by atoms with Gasteiger partial charge in [-0.1, -0.05) is 30.7 Å². The first-order valence-electron chi connectivity index (χ1n) is 6.06. The van der Waals surface area contributed by atoms with Gasteiger partial charge in [0.15, 0.2) is 0 Å². The number of para-hydroxylation sites is 1. The van der Waals surface area contributed by atoms with Crippen LogP contribution in [0.3, 0.4) is 0 Å². The highest BCUT2D eigenvalue weighted by Crippen LogP contribution is 2.19. The van der Waals surface area contributed by atoms with Gasteiger partial charge < -0.3 is 15.7 Å². The maximum atomic E-state index is 11.7. The Morgan fingerprint density at radius 1 is 1.44 bits per heavy atom. The van der Waals surface area contributed by atoms with Gasteiger partial charge >= 0.3 is 0 Å². The van der Waals surface area contributed by atoms with E-state index in [0.717, 1.165) is 6.42 Å². The molecule has 100 valence electrons. The van der Waals surface area contributed by atoms with E-state index in [2.05, 4.69) is 10.6 Å². The van der Waals surface area contributed by atoms with Crippen LogP contribution in [-0.2, 0) is 4.79 Å². The Hall–Kier alpha value is -1.10. The van der Waals surface area contributed by atoms with Crippen molar-refractivity contribution in [3.63, 3.8) is 0 Å². The van der Waals surface area contributed by atoms with E-state index in [9.17, 15) is 4.79 Å². The zero-order valence-corrected chi connectivity index (χ0v) is 11.2. The summed E-state index contributed by atoms with van der Waals surface area (Å²) in [5, 5.41) is 15.2. The van der Waals surface area contributed by atoms with Crippen LogP contribution < -0.4 is 10.6 Å². The lowest BCUT2D eigenvalue weighted by atomic mass is 10.1. The smallest absolute Gasteiger partial charge is 0.238 e. The number of hydrogen-bond acceptors (Lipinski definition) is 3. The van der Waals surface area contributed by atoms with Crippen LogP contribution in [0.1, 0.15) is 19.8 Å². The summed E-state index contributed by atoms with van der Waals surface area (Å²) in [5.74, 6) is -0.139. The monoisotopic (exact) mass is 270 g/mol. The highest BCUT2D eigenvalue weighted by molar-refractivity contribution is 6.33. The van der Waals surface area contributed by atoms with Crippen molar-refractivity contribution < 1.29 is 9.90 Å². The number of anilines is 1. The van der Waals surface area contributed by atoms with E-state index in [1.165, 1.54) is 0 Å². The van der Waals surface area contributed by atoms with Gasteiger partial charge in [0.1, 0.15) is 0 Å². The minimum Gasteiger partial charge on any atom is -0.396 e. The SMILES string of the molecule is CCC(CCO)NCC(=O)Nc1ccccc1Cl. The van der Waals surface area contributed by atoms with Crippen LogP contribution in [-0.4, -0.2) is 30.2 Å². The average Bonchev–Trinajstić information content (AvgIpc) is 2.37. The fourth-order valence-electron chi connectivity index (χ4n) is 1.60. The van der Waals surface area contributed by atoms with E-state index in [1.807, 2.05) is 19.1 Å². The molecular formula is C13H19ClN2O2. The number of aliphatic hydroxyl groups is 1. The van der Waals surface area contributed by atoms with Crippen LogP contribution in [0.5, 0.6) is 0 Å². The number of nitrogens with one attached hydrogen (secondary N) is 2. The van der Waals surface area contributed by atoms with E-state index in [1.54, 1.807) is 12.1 Å². The molecule has 0 saturated carbocycles. The minimum atomic E-state index is -0.139. The van der Waals surface area contributed by atoms with Crippen molar-refractivity contribution in [3.8, 4) is 0 Å². The van der Waals surface area contributed by atoms with Gasteiger partial charge in [-0.05, 0) is 25.0 Å². The lowest BCUT2D eigenvalue weighted by Gasteiger charge is -2.15. The lowest BCUT2D eigenvalue weighted by molar-refractivity contribution is -0.115. The second kappa shape index (κ2) is 8.08. The van der Waals surface area contributed by atoms with E-state index < -0.39 is 0 Å². The van der Waals surface area contributed by atoms with E-state index >= 15 is 0 Å². The van der Waals surface area contributed by atoms with Crippen LogP contribution in [0.15, 0.2) is 24.3 Å². The number of halogens is 1. The summed E-state index contributed by atoms with van der Waals surface area (Å²) < 4.78 is 0. The highest BCUT2D eigenvalue weighted by atomic mass is 35.5. The molecule has 4 nitrogen and oxygen atoms in total. The van der Waals surface area contributed by atoms with Crippen LogP contribution in [0.2, 0.25) is 5.02 Å². The van der Waals surface area contributed by atoms with Crippen molar-refractivity contribution in [1.29, 1.82) is 0 Å². The lowest BCUT2D eigenvalue weighted by Crippen LogP contribution is -2.36. The van der Waals surface area contributed by atoms with Crippen molar-refractivity contribution >= 4 is 23.2 Å². The predicted molar refractivity (Wildman–Crippen MR) is 73.9 cm³/mol. The van der Waals surface area contributed by atoms with Crippen molar-refractivity contribution in [2.45, 2.75) is 25.8 Å². The molecule has 0 aliphatic carbocycles. The number of hydrogen-bond donors (Lipinski definition) is 3. The summed E-state index contributed by atoms with van der Waals surface area (Å²) in [7, 11) is 0. The molecular weight excluding hydrogens is 252 g/mol. The molecule has 0 aromatic heterocycles. The number of carbonyl (C=O) groups is 1. The largest absolute Gasteiger partial charge is 0.396 e. The van der Waals surface area contributed by atoms with Gasteiger partial charge in [0.25, 0.3) is 0 Å². The third kappa shape index (κ3) is 5.04. The number of rotatable bonds is 7. The molecule has 1 aromatic carbocycles. The Morgan fingerprint density at radius 2 is 2.17 bits per heavy atom. The van der Waals surface area contributed by atoms with Crippen molar-refractivity contribution in [2.75, 3.05) is 18.5 Å². The number of amides is 1. The second-order valence-corrected chi connectivity index (χ2v) is 4.43. The summed E-state index contributed by atoms with van der Waals surface area (Å²) >= 11 is 5.94. The topological polar surface area (TPSA) is 61.4 Å². The first-order chi connectivity index (χ1) is 8.67. The van der Waals surface area contributed by atoms with Crippen LogP contribution in [0.25, 0.3) is 0 Å². The molecule has 0 radical (unpaired) electrons. The molecule has 1 aromatic rings. The number of benzene rings is 1. The van der Waals surface area contributed by atoms with Crippen molar-refractivity contribution in [2.24, 2.45) is 0 Å². The van der Waals surface area contributed by atoms with Gasteiger partial charge in [-0.2, -0.15) is 0 Å². The summed E-state index contributed by atoms with van der Waals surface area (Å²) in [6.07, 6.45) is 1.52. The zero-order chi connectivity index (χ0) is 13.4. The van der Waals surface area contributed by atoms with Crippen LogP contribution in [0.4, 0.5) is 5.69 Å². The third-order valence-corrected chi connectivity index (χ3v) is 3.00. The molecule has 0 aliphatic heterocycles. The number of carbonyl (C=O) groups excluding carboxylic acids is 1. The Labute approximate surface area is 112 Å². The molecule has 0 spiro atoms. The normalized spacial score (nSPS) is 12.2. The Kier molecular flexibility index (Phi) is 6.72. The third-order valence-electron chi connectivity index (χ3n) is 2.67. The standard InChI is InChI=1S/C13H19ClN2O2/c1-2-10(7-8-17)15-9-13(18)16-12-6-4-3-5-11(12)14/h3-6,10,15,17H,2,7-9H2,1H3,(H,16,18). The Morgan fingerprint density at radius 3 is 2.78 bits per heavy atom. The molecule has 3 N–H and O–H groups in total. The zero-order valence-electron chi connectivity index (χ0n) is 10.4. The molecule has 18 heavy (non-hydrogen) atoms. The molecule has 0 fully saturated rings. The van der Waals surface area contributed by atoms with E-state index in [0.29, 0.717) is 17.1 Å². The van der Waals surface area contributed by atoms with Gasteiger partial charge in [0.05, 0.1) is 17.3 Å². The predicted octanol–water partition coefficient (Wildman–Crippen LogP) is 2.03. The van der Waals surface area contributed by atoms with Crippen LogP contribution >= 0.6 is 11.6 Å². The summed E-state index contributed by atoms with van der Waals surface area (Å²) in [5.41, 5.74) is 0.612. The molecule has 1 rings (SSSR count). The molecule has 5 heteroatoms. The van der Waals surface area contributed by atoms with Gasteiger partial charge in [0, 0.05) is 12.6 Å². The first kappa shape index (κ1) is 15.0. The van der Waals surface area contributed by atoms with Gasteiger partial charge in [-0.25, -0.2) is 0 Å². The first-order valence-corrected chi connectivity index (χ1v) is 6.43. The maximum Gasteiger partial charge on any atom is 0.238 e. The quantitative estimate of drug-likeness (QED) is 0.710. The summed E-state index contributed by atoms with van der Waals surface area (Å²) in [6.45, 7) is 2.35. The molecule has 0 heterocycles. The molecule has 0 aliphatic rings. The highest BCUT2D eigenvalue weighted by Gasteiger charge is 2.09. The molecule has 1 amide bonds. The van der Waals surface area contributed by atoms with Gasteiger partial charge in [-0.3, -0.25) is 4.79 Å². The van der Waals surface area contributed by atoms with Crippen molar-refractivity contribution in [1.82, 2.24) is 5.32 Å². The summed E-state index contributed by atoms with van der Waals surface area (Å²) in [6, 6.07) is 7.27. The van der Waals surface area contributed by atoms with Crippen molar-refractivity contribution in [3.05, 3.63) is 29.3 Å². The Bertz CT molecular complexity index is 385. The molecule has 1 unspecified atom stereocenters. The van der Waals surface area contributed by atoms with Gasteiger partial charge in [-0.15, -0.1) is 0 Å². The molecule has 0 bridgehead atoms. The fourth-order valence-corrected chi connectivity index (χ4v) is 1.78. The average molecular weight is 271 g/mol. The number of aliphatic hydroxyl groups excluding tert-OH is 1. The molecule has 1 atom stereocenters. The Balaban J connectivity index is 2.40. The fraction of sp³-hybridized carbons (Fsp3) is 0.462.